The second-order valence-electron chi connectivity index (χ2n) is 7.21. The molecule has 1 aromatic heterocycles. The van der Waals surface area contributed by atoms with Gasteiger partial charge >= 0.3 is 0 Å². The Hall–Kier alpha value is -1.96. The summed E-state index contributed by atoms with van der Waals surface area (Å²) in [5, 5.41) is 7.18. The number of morpholine rings is 1. The number of H-pyrrole nitrogens is 1. The number of aromatic amines is 1. The van der Waals surface area contributed by atoms with Crippen molar-refractivity contribution in [2.24, 2.45) is 5.92 Å². The minimum absolute atomic E-state index is 0.0640. The average molecular weight is 347 g/mol. The van der Waals surface area contributed by atoms with Gasteiger partial charge < -0.3 is 14.5 Å². The summed E-state index contributed by atoms with van der Waals surface area (Å²) < 4.78 is 5.77. The molecule has 1 N–H and O–H groups in total. The second kappa shape index (κ2) is 6.74. The first kappa shape index (κ1) is 16.5. The zero-order valence-electron chi connectivity index (χ0n) is 14.6. The van der Waals surface area contributed by atoms with Crippen molar-refractivity contribution in [3.63, 3.8) is 0 Å². The largest absolute Gasteiger partial charge is 0.366 e. The number of amides is 2. The number of nitrogens with zero attached hydrogens (tertiary/aromatic N) is 4. The van der Waals surface area contributed by atoms with E-state index in [2.05, 4.69) is 22.1 Å². The van der Waals surface area contributed by atoms with Crippen LogP contribution in [0.3, 0.4) is 0 Å². The van der Waals surface area contributed by atoms with Crippen LogP contribution in [0.1, 0.15) is 50.4 Å². The lowest BCUT2D eigenvalue weighted by molar-refractivity contribution is -0.143. The third kappa shape index (κ3) is 3.40. The smallest absolute Gasteiger partial charge is 0.228 e. The van der Waals surface area contributed by atoms with Gasteiger partial charge in [0.05, 0.1) is 19.1 Å². The van der Waals surface area contributed by atoms with E-state index in [0.717, 1.165) is 31.5 Å². The van der Waals surface area contributed by atoms with Crippen LogP contribution in [0, 0.1) is 5.92 Å². The lowest BCUT2D eigenvalue weighted by atomic mass is 10.1. The van der Waals surface area contributed by atoms with E-state index in [9.17, 15) is 9.59 Å². The van der Waals surface area contributed by atoms with Crippen molar-refractivity contribution in [1.82, 2.24) is 25.0 Å². The van der Waals surface area contributed by atoms with E-state index >= 15 is 0 Å². The molecule has 3 fully saturated rings. The maximum Gasteiger partial charge on any atom is 0.228 e. The summed E-state index contributed by atoms with van der Waals surface area (Å²) in [4.78, 5) is 33.2. The number of rotatable bonds is 5. The molecule has 4 rings (SSSR count). The number of likely N-dealkylation sites (tertiary alicyclic amines) is 1. The van der Waals surface area contributed by atoms with Crippen molar-refractivity contribution < 1.29 is 14.3 Å². The van der Waals surface area contributed by atoms with Crippen LogP contribution in [0.4, 0.5) is 0 Å². The Morgan fingerprint density at radius 3 is 2.96 bits per heavy atom. The summed E-state index contributed by atoms with van der Waals surface area (Å²) in [6.07, 6.45) is 4.06. The Labute approximate surface area is 146 Å². The van der Waals surface area contributed by atoms with Crippen LogP contribution in [0.15, 0.2) is 0 Å². The number of aromatic nitrogens is 3. The lowest BCUT2D eigenvalue weighted by Crippen LogP contribution is -2.45. The van der Waals surface area contributed by atoms with E-state index in [0.29, 0.717) is 44.5 Å². The van der Waals surface area contributed by atoms with Gasteiger partial charge in [-0.1, -0.05) is 6.92 Å². The molecule has 1 saturated carbocycles. The van der Waals surface area contributed by atoms with Gasteiger partial charge in [-0.15, -0.1) is 0 Å². The molecule has 1 aromatic rings. The highest BCUT2D eigenvalue weighted by molar-refractivity contribution is 5.89. The fraction of sp³-hybridized carbons (Fsp3) is 0.765. The summed E-state index contributed by atoms with van der Waals surface area (Å²) >= 11 is 0. The highest BCUT2D eigenvalue weighted by atomic mass is 16.5. The molecule has 0 radical (unpaired) electrons. The molecule has 0 bridgehead atoms. The maximum atomic E-state index is 12.9. The summed E-state index contributed by atoms with van der Waals surface area (Å²) in [7, 11) is 0. The predicted molar refractivity (Wildman–Crippen MR) is 88.5 cm³/mol. The maximum absolute atomic E-state index is 12.9. The van der Waals surface area contributed by atoms with E-state index in [1.165, 1.54) is 0 Å². The first-order valence-corrected chi connectivity index (χ1v) is 9.26. The van der Waals surface area contributed by atoms with Crippen molar-refractivity contribution in [2.45, 2.75) is 51.2 Å². The van der Waals surface area contributed by atoms with Crippen molar-refractivity contribution in [3.8, 4) is 0 Å². The SMILES string of the molecule is CCCc1nc([C@H]2CN(C(=O)[C@H]3CC(=O)N(C4CC4)C3)CCO2)n[nH]1. The minimum Gasteiger partial charge on any atom is -0.366 e. The van der Waals surface area contributed by atoms with Gasteiger partial charge in [-0.3, -0.25) is 14.7 Å². The van der Waals surface area contributed by atoms with Crippen LogP contribution in [0.25, 0.3) is 0 Å². The van der Waals surface area contributed by atoms with Crippen LogP contribution >= 0.6 is 0 Å². The third-order valence-corrected chi connectivity index (χ3v) is 5.20. The van der Waals surface area contributed by atoms with E-state index in [1.807, 2.05) is 9.80 Å². The molecule has 1 aliphatic carbocycles. The number of hydrogen-bond donors (Lipinski definition) is 1. The fourth-order valence-electron chi connectivity index (χ4n) is 3.70. The standard InChI is InChI=1S/C17H25N5O3/c1-2-3-14-18-16(20-19-14)13-10-21(6-7-25-13)17(24)11-8-15(23)22(9-11)12-4-5-12/h11-13H,2-10H2,1H3,(H,18,19,20)/t11-,13+/m0/s1. The highest BCUT2D eigenvalue weighted by Crippen LogP contribution is 2.33. The number of carbonyl (C=O) groups excluding carboxylic acids is 2. The molecule has 25 heavy (non-hydrogen) atoms. The van der Waals surface area contributed by atoms with Gasteiger partial charge in [-0.2, -0.15) is 5.10 Å². The molecule has 136 valence electrons. The Morgan fingerprint density at radius 2 is 2.20 bits per heavy atom. The molecule has 3 aliphatic rings. The first-order valence-electron chi connectivity index (χ1n) is 9.26. The van der Waals surface area contributed by atoms with Crippen LogP contribution in [0.2, 0.25) is 0 Å². The molecular weight excluding hydrogens is 322 g/mol. The first-order chi connectivity index (χ1) is 12.2. The molecule has 3 heterocycles. The van der Waals surface area contributed by atoms with Crippen molar-refractivity contribution >= 4 is 11.8 Å². The average Bonchev–Trinajstić information content (AvgIpc) is 3.23. The van der Waals surface area contributed by atoms with Crippen LogP contribution in [-0.2, 0) is 20.7 Å². The number of carbonyl (C=O) groups is 2. The molecule has 8 heteroatoms. The molecule has 2 saturated heterocycles. The molecule has 0 aromatic carbocycles. The van der Waals surface area contributed by atoms with Gasteiger partial charge in [0.2, 0.25) is 11.8 Å². The van der Waals surface area contributed by atoms with Crippen LogP contribution < -0.4 is 0 Å². The van der Waals surface area contributed by atoms with Crippen LogP contribution in [-0.4, -0.2) is 69.1 Å². The molecule has 8 nitrogen and oxygen atoms in total. The Morgan fingerprint density at radius 1 is 1.36 bits per heavy atom. The highest BCUT2D eigenvalue weighted by Gasteiger charge is 2.43. The van der Waals surface area contributed by atoms with Crippen LogP contribution in [0.5, 0.6) is 0 Å². The second-order valence-corrected chi connectivity index (χ2v) is 7.21. The van der Waals surface area contributed by atoms with E-state index in [-0.39, 0.29) is 23.8 Å². The molecule has 0 unspecified atom stereocenters. The molecule has 2 amide bonds. The summed E-state index contributed by atoms with van der Waals surface area (Å²) in [6.45, 7) is 4.16. The van der Waals surface area contributed by atoms with Gasteiger partial charge in [0.15, 0.2) is 5.82 Å². The summed E-state index contributed by atoms with van der Waals surface area (Å²) in [5.41, 5.74) is 0. The quantitative estimate of drug-likeness (QED) is 0.845. The summed E-state index contributed by atoms with van der Waals surface area (Å²) in [5.74, 6) is 1.45. The topological polar surface area (TPSA) is 91.4 Å². The molecule has 2 aliphatic heterocycles. The summed E-state index contributed by atoms with van der Waals surface area (Å²) in [6, 6.07) is 0.382. The normalized spacial score (nSPS) is 27.2. The number of ether oxygens (including phenoxy) is 1. The number of nitrogens with one attached hydrogen (secondary N) is 1. The van der Waals surface area contributed by atoms with E-state index in [1.54, 1.807) is 0 Å². The molecule has 2 atom stereocenters. The van der Waals surface area contributed by atoms with Crippen molar-refractivity contribution in [2.75, 3.05) is 26.2 Å². The minimum atomic E-state index is -0.295. The predicted octanol–water partition coefficient (Wildman–Crippen LogP) is 0.668. The fourth-order valence-corrected chi connectivity index (χ4v) is 3.70. The van der Waals surface area contributed by atoms with Gasteiger partial charge in [0.1, 0.15) is 11.9 Å². The Bertz CT molecular complexity index is 656. The van der Waals surface area contributed by atoms with Crippen molar-refractivity contribution in [3.05, 3.63) is 11.6 Å². The van der Waals surface area contributed by atoms with E-state index < -0.39 is 0 Å². The Kier molecular flexibility index (Phi) is 4.45. The zero-order valence-corrected chi connectivity index (χ0v) is 14.6. The van der Waals surface area contributed by atoms with Gasteiger partial charge in [0, 0.05) is 32.0 Å². The number of hydrogen-bond acceptors (Lipinski definition) is 5. The zero-order chi connectivity index (χ0) is 17.4. The van der Waals surface area contributed by atoms with Gasteiger partial charge in [0.25, 0.3) is 0 Å². The lowest BCUT2D eigenvalue weighted by Gasteiger charge is -2.33. The Balaban J connectivity index is 1.38. The third-order valence-electron chi connectivity index (χ3n) is 5.20. The number of aryl methyl sites for hydroxylation is 1. The monoisotopic (exact) mass is 347 g/mol. The van der Waals surface area contributed by atoms with Gasteiger partial charge in [-0.25, -0.2) is 4.98 Å². The molecule has 0 spiro atoms. The molecular formula is C17H25N5O3. The van der Waals surface area contributed by atoms with E-state index in [4.69, 9.17) is 4.74 Å². The van der Waals surface area contributed by atoms with Gasteiger partial charge in [-0.05, 0) is 19.3 Å². The van der Waals surface area contributed by atoms with Crippen molar-refractivity contribution in [1.29, 1.82) is 0 Å².